The number of hydrogen-bond acceptors (Lipinski definition) is 2. The molecule has 1 amide bonds. The van der Waals surface area contributed by atoms with E-state index in [4.69, 9.17) is 5.73 Å². The second kappa shape index (κ2) is 5.36. The predicted molar refractivity (Wildman–Crippen MR) is 73.5 cm³/mol. The molecule has 0 radical (unpaired) electrons. The summed E-state index contributed by atoms with van der Waals surface area (Å²) in [4.78, 5) is 11.1. The molecule has 2 rings (SSSR count). The van der Waals surface area contributed by atoms with Crippen LogP contribution in [0.4, 0.5) is 5.69 Å². The summed E-state index contributed by atoms with van der Waals surface area (Å²) in [6.45, 7) is 2.79. The monoisotopic (exact) mass is 240 g/mol. The lowest BCUT2D eigenvalue weighted by atomic mass is 10.1. The SMILES string of the molecule is Cc1cccc(CNc2cccc(C(N)=O)c2)c1. The largest absolute Gasteiger partial charge is 0.381 e. The van der Waals surface area contributed by atoms with E-state index in [1.54, 1.807) is 12.1 Å². The Morgan fingerprint density at radius 1 is 1.17 bits per heavy atom. The van der Waals surface area contributed by atoms with Crippen molar-refractivity contribution in [2.75, 3.05) is 5.32 Å². The van der Waals surface area contributed by atoms with Crippen LogP contribution in [-0.2, 0) is 6.54 Å². The molecule has 0 fully saturated rings. The summed E-state index contributed by atoms with van der Waals surface area (Å²) >= 11 is 0. The molecule has 0 heterocycles. The van der Waals surface area contributed by atoms with Gasteiger partial charge in [-0.25, -0.2) is 0 Å². The van der Waals surface area contributed by atoms with Crippen molar-refractivity contribution in [3.63, 3.8) is 0 Å². The lowest BCUT2D eigenvalue weighted by Gasteiger charge is -2.08. The number of hydrogen-bond donors (Lipinski definition) is 2. The lowest BCUT2D eigenvalue weighted by Crippen LogP contribution is -2.11. The van der Waals surface area contributed by atoms with Crippen LogP contribution in [0.2, 0.25) is 0 Å². The Balaban J connectivity index is 2.06. The molecule has 3 heteroatoms. The first-order valence-corrected chi connectivity index (χ1v) is 5.84. The number of anilines is 1. The molecule has 2 aromatic rings. The first-order chi connectivity index (χ1) is 8.65. The quantitative estimate of drug-likeness (QED) is 0.863. The number of nitrogens with one attached hydrogen (secondary N) is 1. The first kappa shape index (κ1) is 12.2. The smallest absolute Gasteiger partial charge is 0.248 e. The van der Waals surface area contributed by atoms with Gasteiger partial charge >= 0.3 is 0 Å². The summed E-state index contributed by atoms with van der Waals surface area (Å²) in [5, 5.41) is 3.28. The van der Waals surface area contributed by atoms with E-state index in [2.05, 4.69) is 30.4 Å². The molecule has 0 aromatic heterocycles. The fourth-order valence-corrected chi connectivity index (χ4v) is 1.81. The van der Waals surface area contributed by atoms with Crippen molar-refractivity contribution in [3.8, 4) is 0 Å². The molecule has 0 atom stereocenters. The van der Waals surface area contributed by atoms with E-state index in [-0.39, 0.29) is 0 Å². The molecule has 0 unspecified atom stereocenters. The van der Waals surface area contributed by atoms with Crippen molar-refractivity contribution < 1.29 is 4.79 Å². The molecule has 0 aliphatic rings. The molecule has 0 saturated carbocycles. The summed E-state index contributed by atoms with van der Waals surface area (Å²) in [6.07, 6.45) is 0. The van der Waals surface area contributed by atoms with Crippen molar-refractivity contribution in [1.29, 1.82) is 0 Å². The van der Waals surface area contributed by atoms with Crippen molar-refractivity contribution >= 4 is 11.6 Å². The maximum Gasteiger partial charge on any atom is 0.248 e. The second-order valence-corrected chi connectivity index (χ2v) is 4.29. The predicted octanol–water partition coefficient (Wildman–Crippen LogP) is 2.71. The van der Waals surface area contributed by atoms with Crippen LogP contribution in [0, 0.1) is 6.92 Å². The first-order valence-electron chi connectivity index (χ1n) is 5.84. The van der Waals surface area contributed by atoms with Crippen LogP contribution in [0.15, 0.2) is 48.5 Å². The number of aryl methyl sites for hydroxylation is 1. The van der Waals surface area contributed by atoms with E-state index in [1.165, 1.54) is 11.1 Å². The van der Waals surface area contributed by atoms with Gasteiger partial charge in [0.2, 0.25) is 5.91 Å². The minimum absolute atomic E-state index is 0.408. The molecule has 0 spiro atoms. The summed E-state index contributed by atoms with van der Waals surface area (Å²) in [5.41, 5.74) is 9.10. The summed E-state index contributed by atoms with van der Waals surface area (Å²) in [5.74, 6) is -0.408. The van der Waals surface area contributed by atoms with Crippen molar-refractivity contribution in [2.24, 2.45) is 5.73 Å². The Labute approximate surface area is 107 Å². The Bertz CT molecular complexity index is 564. The van der Waals surface area contributed by atoms with E-state index in [0.717, 1.165) is 12.2 Å². The minimum atomic E-state index is -0.408. The van der Waals surface area contributed by atoms with E-state index >= 15 is 0 Å². The topological polar surface area (TPSA) is 55.1 Å². The third-order valence-electron chi connectivity index (χ3n) is 2.73. The van der Waals surface area contributed by atoms with Gasteiger partial charge in [-0.05, 0) is 30.7 Å². The van der Waals surface area contributed by atoms with E-state index in [0.29, 0.717) is 5.56 Å². The average Bonchev–Trinajstić information content (AvgIpc) is 2.37. The summed E-state index contributed by atoms with van der Waals surface area (Å²) < 4.78 is 0. The van der Waals surface area contributed by atoms with Crippen molar-refractivity contribution in [2.45, 2.75) is 13.5 Å². The highest BCUT2D eigenvalue weighted by Gasteiger charge is 2.01. The fraction of sp³-hybridized carbons (Fsp3) is 0.133. The third kappa shape index (κ3) is 3.10. The van der Waals surface area contributed by atoms with Crippen LogP contribution >= 0.6 is 0 Å². The normalized spacial score (nSPS) is 10.1. The highest BCUT2D eigenvalue weighted by atomic mass is 16.1. The van der Waals surface area contributed by atoms with Crippen LogP contribution < -0.4 is 11.1 Å². The molecule has 3 N–H and O–H groups in total. The third-order valence-corrected chi connectivity index (χ3v) is 2.73. The minimum Gasteiger partial charge on any atom is -0.381 e. The molecule has 3 nitrogen and oxygen atoms in total. The van der Waals surface area contributed by atoms with Crippen LogP contribution in [0.5, 0.6) is 0 Å². The molecule has 0 aliphatic carbocycles. The maximum absolute atomic E-state index is 11.1. The fourth-order valence-electron chi connectivity index (χ4n) is 1.81. The van der Waals surface area contributed by atoms with Gasteiger partial charge in [-0.3, -0.25) is 4.79 Å². The van der Waals surface area contributed by atoms with Crippen LogP contribution in [0.3, 0.4) is 0 Å². The molecule has 18 heavy (non-hydrogen) atoms. The van der Waals surface area contributed by atoms with Gasteiger partial charge in [0, 0.05) is 17.8 Å². The van der Waals surface area contributed by atoms with Gasteiger partial charge in [0.15, 0.2) is 0 Å². The zero-order valence-electron chi connectivity index (χ0n) is 10.3. The zero-order valence-corrected chi connectivity index (χ0v) is 10.3. The molecule has 0 bridgehead atoms. The average molecular weight is 240 g/mol. The molecule has 92 valence electrons. The number of nitrogens with two attached hydrogens (primary N) is 1. The van der Waals surface area contributed by atoms with Crippen molar-refractivity contribution in [3.05, 3.63) is 65.2 Å². The Kier molecular flexibility index (Phi) is 3.63. The van der Waals surface area contributed by atoms with E-state index in [9.17, 15) is 4.79 Å². The zero-order chi connectivity index (χ0) is 13.0. The Hall–Kier alpha value is -2.29. The molecular formula is C15H16N2O. The second-order valence-electron chi connectivity index (χ2n) is 4.29. The van der Waals surface area contributed by atoms with Gasteiger partial charge in [0.25, 0.3) is 0 Å². The van der Waals surface area contributed by atoms with Crippen LogP contribution in [-0.4, -0.2) is 5.91 Å². The molecule has 0 aliphatic heterocycles. The van der Waals surface area contributed by atoms with Crippen molar-refractivity contribution in [1.82, 2.24) is 0 Å². The van der Waals surface area contributed by atoms with Gasteiger partial charge < -0.3 is 11.1 Å². The molecule has 0 saturated heterocycles. The van der Waals surface area contributed by atoms with Crippen LogP contribution in [0.1, 0.15) is 21.5 Å². The number of rotatable bonds is 4. The van der Waals surface area contributed by atoms with E-state index in [1.807, 2.05) is 18.2 Å². The maximum atomic E-state index is 11.1. The van der Waals surface area contributed by atoms with Gasteiger partial charge in [-0.2, -0.15) is 0 Å². The van der Waals surface area contributed by atoms with Gasteiger partial charge in [0.1, 0.15) is 0 Å². The Morgan fingerprint density at radius 2 is 1.94 bits per heavy atom. The molecular weight excluding hydrogens is 224 g/mol. The Morgan fingerprint density at radius 3 is 2.67 bits per heavy atom. The van der Waals surface area contributed by atoms with Crippen LogP contribution in [0.25, 0.3) is 0 Å². The molecule has 2 aromatic carbocycles. The number of primary amides is 1. The van der Waals surface area contributed by atoms with Gasteiger partial charge in [-0.1, -0.05) is 35.9 Å². The number of amides is 1. The number of carbonyl (C=O) groups excluding carboxylic acids is 1. The summed E-state index contributed by atoms with van der Waals surface area (Å²) in [7, 11) is 0. The standard InChI is InChI=1S/C15H16N2O/c1-11-4-2-5-12(8-11)10-17-14-7-3-6-13(9-14)15(16)18/h2-9,17H,10H2,1H3,(H2,16,18). The van der Waals surface area contributed by atoms with Gasteiger partial charge in [0.05, 0.1) is 0 Å². The highest BCUT2D eigenvalue weighted by Crippen LogP contribution is 2.12. The number of benzene rings is 2. The van der Waals surface area contributed by atoms with E-state index < -0.39 is 5.91 Å². The highest BCUT2D eigenvalue weighted by molar-refractivity contribution is 5.93. The van der Waals surface area contributed by atoms with Gasteiger partial charge in [-0.15, -0.1) is 0 Å². The summed E-state index contributed by atoms with van der Waals surface area (Å²) in [6, 6.07) is 15.5. The number of carbonyl (C=O) groups is 1. The lowest BCUT2D eigenvalue weighted by molar-refractivity contribution is 0.100.